The number of aromatic nitrogens is 2. The van der Waals surface area contributed by atoms with Crippen LogP contribution in [0.3, 0.4) is 0 Å². The molecule has 0 spiro atoms. The molecule has 0 saturated heterocycles. The maximum absolute atomic E-state index is 14.0. The highest BCUT2D eigenvalue weighted by atomic mass is 19.1. The zero-order chi connectivity index (χ0) is 15.4. The number of nitrogens with zero attached hydrogens (tertiary/aromatic N) is 3. The fourth-order valence-corrected chi connectivity index (χ4v) is 2.02. The van der Waals surface area contributed by atoms with Crippen LogP contribution in [0, 0.1) is 0 Å². The predicted molar refractivity (Wildman–Crippen MR) is 78.3 cm³/mol. The van der Waals surface area contributed by atoms with Gasteiger partial charge in [0.05, 0.1) is 11.9 Å². The molecule has 0 bridgehead atoms. The van der Waals surface area contributed by atoms with Crippen molar-refractivity contribution in [1.82, 2.24) is 9.78 Å². The first-order chi connectivity index (χ1) is 10.0. The first kappa shape index (κ1) is 14.8. The Morgan fingerprint density at radius 2 is 2.14 bits per heavy atom. The van der Waals surface area contributed by atoms with Crippen LogP contribution in [0.1, 0.15) is 19.8 Å². The van der Waals surface area contributed by atoms with E-state index in [9.17, 15) is 14.3 Å². The van der Waals surface area contributed by atoms with E-state index in [1.165, 1.54) is 10.9 Å². The van der Waals surface area contributed by atoms with Crippen LogP contribution in [-0.4, -0.2) is 27.3 Å². The van der Waals surface area contributed by atoms with Crippen LogP contribution >= 0.6 is 0 Å². The quantitative estimate of drug-likeness (QED) is 0.829. The molecule has 1 aromatic carbocycles. The van der Waals surface area contributed by atoms with Crippen molar-refractivity contribution in [3.05, 3.63) is 36.5 Å². The molecular weight excluding hydrogens is 275 g/mol. The van der Waals surface area contributed by atoms with Gasteiger partial charge in [0.15, 0.2) is 12.1 Å². The van der Waals surface area contributed by atoms with E-state index in [0.717, 1.165) is 0 Å². The highest BCUT2D eigenvalue weighted by Crippen LogP contribution is 2.27. The van der Waals surface area contributed by atoms with Crippen LogP contribution in [0.4, 0.5) is 20.7 Å². The number of alkyl halides is 1. The Hall–Kier alpha value is -2.57. The molecule has 0 radical (unpaired) electrons. The summed E-state index contributed by atoms with van der Waals surface area (Å²) in [4.78, 5) is 11.9. The van der Waals surface area contributed by atoms with Gasteiger partial charge in [-0.15, -0.1) is 5.10 Å². The summed E-state index contributed by atoms with van der Waals surface area (Å²) in [6.45, 7) is 1.78. The highest BCUT2D eigenvalue weighted by molar-refractivity contribution is 5.89. The summed E-state index contributed by atoms with van der Waals surface area (Å²) >= 11 is 0. The number of halogens is 1. The third kappa shape index (κ3) is 3.13. The molecule has 0 aliphatic heterocycles. The van der Waals surface area contributed by atoms with E-state index in [0.29, 0.717) is 17.0 Å². The number of nitrogen functional groups attached to an aromatic ring is 1. The minimum atomic E-state index is -1.65. The van der Waals surface area contributed by atoms with Crippen molar-refractivity contribution in [3.63, 3.8) is 0 Å². The highest BCUT2D eigenvalue weighted by Gasteiger charge is 2.27. The van der Waals surface area contributed by atoms with Gasteiger partial charge in [-0.1, -0.05) is 31.5 Å². The molecule has 112 valence electrons. The zero-order valence-electron chi connectivity index (χ0n) is 11.6. The van der Waals surface area contributed by atoms with Crippen LogP contribution in [0.15, 0.2) is 36.5 Å². The summed E-state index contributed by atoms with van der Waals surface area (Å²) in [6.07, 6.45) is -1.00. The molecular formula is C14H17FN4O2. The lowest BCUT2D eigenvalue weighted by atomic mass is 10.3. The molecule has 1 unspecified atom stereocenters. The van der Waals surface area contributed by atoms with Crippen molar-refractivity contribution in [2.75, 3.05) is 10.6 Å². The summed E-state index contributed by atoms with van der Waals surface area (Å²) in [5.41, 5.74) is 6.51. The number of benzene rings is 1. The SMILES string of the molecule is CCCC(F)N(C(=O)O)c1cn(-c2ccccc2)nc1N. The summed E-state index contributed by atoms with van der Waals surface area (Å²) in [6, 6.07) is 9.06. The summed E-state index contributed by atoms with van der Waals surface area (Å²) < 4.78 is 15.5. The van der Waals surface area contributed by atoms with E-state index in [2.05, 4.69) is 5.10 Å². The Balaban J connectivity index is 2.39. The van der Waals surface area contributed by atoms with Gasteiger partial charge in [-0.2, -0.15) is 0 Å². The van der Waals surface area contributed by atoms with Gasteiger partial charge in [-0.3, -0.25) is 0 Å². The second kappa shape index (κ2) is 6.25. The number of para-hydroxylation sites is 1. The number of hydrogen-bond donors (Lipinski definition) is 2. The molecule has 3 N–H and O–H groups in total. The van der Waals surface area contributed by atoms with Gasteiger partial charge in [-0.05, 0) is 18.6 Å². The van der Waals surface area contributed by atoms with E-state index >= 15 is 0 Å². The van der Waals surface area contributed by atoms with Gasteiger partial charge in [-0.25, -0.2) is 18.8 Å². The lowest BCUT2D eigenvalue weighted by Gasteiger charge is -2.21. The average Bonchev–Trinajstić information content (AvgIpc) is 2.82. The summed E-state index contributed by atoms with van der Waals surface area (Å²) in [5.74, 6) is -0.0278. The van der Waals surface area contributed by atoms with E-state index < -0.39 is 12.4 Å². The van der Waals surface area contributed by atoms with Crippen molar-refractivity contribution in [2.24, 2.45) is 0 Å². The zero-order valence-corrected chi connectivity index (χ0v) is 11.6. The van der Waals surface area contributed by atoms with Gasteiger partial charge >= 0.3 is 6.09 Å². The molecule has 7 heteroatoms. The molecule has 0 fully saturated rings. The molecule has 2 aromatic rings. The van der Waals surface area contributed by atoms with Crippen LogP contribution in [0.25, 0.3) is 5.69 Å². The number of nitrogens with two attached hydrogens (primary N) is 1. The average molecular weight is 292 g/mol. The molecule has 1 atom stereocenters. The molecule has 1 aromatic heterocycles. The predicted octanol–water partition coefficient (Wildman–Crippen LogP) is 3.03. The Morgan fingerprint density at radius 3 is 2.71 bits per heavy atom. The largest absolute Gasteiger partial charge is 0.465 e. The smallest absolute Gasteiger partial charge is 0.414 e. The van der Waals surface area contributed by atoms with Crippen molar-refractivity contribution in [1.29, 1.82) is 0 Å². The van der Waals surface area contributed by atoms with E-state index in [1.807, 2.05) is 18.2 Å². The Morgan fingerprint density at radius 1 is 1.48 bits per heavy atom. The molecule has 2 rings (SSSR count). The first-order valence-electron chi connectivity index (χ1n) is 6.61. The fraction of sp³-hybridized carbons (Fsp3) is 0.286. The number of carbonyl (C=O) groups is 1. The third-order valence-corrected chi connectivity index (χ3v) is 3.02. The molecule has 1 amide bonds. The third-order valence-electron chi connectivity index (χ3n) is 3.02. The number of amides is 1. The van der Waals surface area contributed by atoms with E-state index in [1.54, 1.807) is 19.1 Å². The lowest BCUT2D eigenvalue weighted by Crippen LogP contribution is -2.37. The molecule has 6 nitrogen and oxygen atoms in total. The van der Waals surface area contributed by atoms with Gasteiger partial charge in [0.1, 0.15) is 5.69 Å². The second-order valence-corrected chi connectivity index (χ2v) is 4.56. The minimum absolute atomic E-state index is 0.0278. The van der Waals surface area contributed by atoms with Gasteiger partial charge in [0.2, 0.25) is 0 Å². The lowest BCUT2D eigenvalue weighted by molar-refractivity contribution is 0.186. The standard InChI is InChI=1S/C14H17FN4O2/c1-2-6-12(15)19(14(20)21)11-9-18(17-13(11)16)10-7-4-3-5-8-10/h3-5,7-9,12H,2,6H2,1H3,(H2,16,17)(H,20,21). The Kier molecular flexibility index (Phi) is 4.42. The molecule has 0 aliphatic carbocycles. The second-order valence-electron chi connectivity index (χ2n) is 4.56. The van der Waals surface area contributed by atoms with Crippen molar-refractivity contribution in [2.45, 2.75) is 26.1 Å². The van der Waals surface area contributed by atoms with Gasteiger partial charge in [0.25, 0.3) is 0 Å². The molecule has 21 heavy (non-hydrogen) atoms. The monoisotopic (exact) mass is 292 g/mol. The van der Waals surface area contributed by atoms with Crippen LogP contribution < -0.4 is 10.6 Å². The van der Waals surface area contributed by atoms with Crippen LogP contribution in [0.2, 0.25) is 0 Å². The van der Waals surface area contributed by atoms with E-state index in [4.69, 9.17) is 5.73 Å². The van der Waals surface area contributed by atoms with Crippen molar-refractivity contribution < 1.29 is 14.3 Å². The van der Waals surface area contributed by atoms with Crippen molar-refractivity contribution in [3.8, 4) is 5.69 Å². The molecule has 0 saturated carbocycles. The Bertz CT molecular complexity index is 615. The van der Waals surface area contributed by atoms with Crippen LogP contribution in [-0.2, 0) is 0 Å². The normalized spacial score (nSPS) is 12.1. The maximum atomic E-state index is 14.0. The summed E-state index contributed by atoms with van der Waals surface area (Å²) in [5, 5.41) is 13.3. The van der Waals surface area contributed by atoms with Gasteiger partial charge < -0.3 is 10.8 Å². The summed E-state index contributed by atoms with van der Waals surface area (Å²) in [7, 11) is 0. The maximum Gasteiger partial charge on any atom is 0.414 e. The topological polar surface area (TPSA) is 84.4 Å². The first-order valence-corrected chi connectivity index (χ1v) is 6.61. The minimum Gasteiger partial charge on any atom is -0.465 e. The fourth-order valence-electron chi connectivity index (χ4n) is 2.02. The molecule has 0 aliphatic rings. The van der Waals surface area contributed by atoms with Crippen LogP contribution in [0.5, 0.6) is 0 Å². The van der Waals surface area contributed by atoms with Gasteiger partial charge in [0, 0.05) is 0 Å². The number of carboxylic acid groups (broad SMARTS) is 1. The number of rotatable bonds is 5. The number of hydrogen-bond acceptors (Lipinski definition) is 3. The van der Waals surface area contributed by atoms with Crippen molar-refractivity contribution >= 4 is 17.6 Å². The number of anilines is 2. The molecule has 1 heterocycles. The Labute approximate surface area is 121 Å². The van der Waals surface area contributed by atoms with E-state index in [-0.39, 0.29) is 17.9 Å².